The van der Waals surface area contributed by atoms with E-state index in [1.807, 2.05) is 30.2 Å². The van der Waals surface area contributed by atoms with Gasteiger partial charge in [-0.2, -0.15) is 0 Å². The lowest BCUT2D eigenvalue weighted by Gasteiger charge is -2.39. The van der Waals surface area contributed by atoms with Crippen molar-refractivity contribution in [3.63, 3.8) is 0 Å². The van der Waals surface area contributed by atoms with E-state index < -0.39 is 0 Å². The Kier molecular flexibility index (Phi) is 10.9. The maximum absolute atomic E-state index is 14.4. The number of hydrazine groups is 1. The zero-order valence-corrected chi connectivity index (χ0v) is 28.9. The van der Waals surface area contributed by atoms with Crippen LogP contribution in [0.4, 0.5) is 10.6 Å². The van der Waals surface area contributed by atoms with E-state index in [4.69, 9.17) is 19.4 Å². The molecule has 2 aromatic rings. The van der Waals surface area contributed by atoms with Gasteiger partial charge in [-0.05, 0) is 113 Å². The van der Waals surface area contributed by atoms with E-state index in [-0.39, 0.29) is 36.5 Å². The third-order valence-electron chi connectivity index (χ3n) is 10.7. The van der Waals surface area contributed by atoms with Gasteiger partial charge in [-0.25, -0.2) is 15.2 Å². The van der Waals surface area contributed by atoms with E-state index in [1.165, 1.54) is 5.57 Å². The Bertz CT molecular complexity index is 1460. The van der Waals surface area contributed by atoms with Gasteiger partial charge in [-0.1, -0.05) is 0 Å². The SMILES string of the molecule is COc1ccc(C2CCC(CN(C(=O)C3CCC(OC(=O)N4CC(CO)C4)CC3)c3cc(C4=CN(C(C)C)NC4)ccn3)CC2)nc1C. The number of carbonyl (C=O) groups excluding carboxylic acids is 2. The van der Waals surface area contributed by atoms with Gasteiger partial charge in [-0.3, -0.25) is 14.7 Å². The Balaban J connectivity index is 1.13. The summed E-state index contributed by atoms with van der Waals surface area (Å²) in [6.07, 6.45) is 10.3. The van der Waals surface area contributed by atoms with E-state index in [0.29, 0.717) is 69.0 Å². The number of hydrogen-bond acceptors (Lipinski definition) is 9. The monoisotopic (exact) mass is 660 g/mol. The zero-order valence-electron chi connectivity index (χ0n) is 28.9. The number of aliphatic hydroxyl groups is 1. The molecule has 48 heavy (non-hydrogen) atoms. The minimum atomic E-state index is -0.306. The van der Waals surface area contributed by atoms with Crippen LogP contribution in [0.15, 0.2) is 36.7 Å². The first-order valence-corrected chi connectivity index (χ1v) is 17.8. The van der Waals surface area contributed by atoms with Gasteiger partial charge < -0.3 is 24.5 Å². The quantitative estimate of drug-likeness (QED) is 0.350. The van der Waals surface area contributed by atoms with Crippen LogP contribution in [0.2, 0.25) is 0 Å². The highest BCUT2D eigenvalue weighted by Gasteiger charge is 2.37. The number of anilines is 1. The molecule has 2 N–H and O–H groups in total. The minimum absolute atomic E-state index is 0.0944. The van der Waals surface area contributed by atoms with Crippen LogP contribution < -0.4 is 15.1 Å². The van der Waals surface area contributed by atoms with Crippen molar-refractivity contribution in [1.29, 1.82) is 0 Å². The van der Waals surface area contributed by atoms with Crippen molar-refractivity contribution >= 4 is 23.4 Å². The van der Waals surface area contributed by atoms with Crippen LogP contribution in [-0.4, -0.2) is 89.0 Å². The first-order valence-electron chi connectivity index (χ1n) is 17.8. The van der Waals surface area contributed by atoms with Gasteiger partial charge in [0.25, 0.3) is 0 Å². The van der Waals surface area contributed by atoms with Crippen molar-refractivity contribution in [2.24, 2.45) is 17.8 Å². The van der Waals surface area contributed by atoms with Crippen molar-refractivity contribution in [2.45, 2.75) is 90.2 Å². The summed E-state index contributed by atoms with van der Waals surface area (Å²) in [5, 5.41) is 11.4. The minimum Gasteiger partial charge on any atom is -0.495 e. The molecule has 2 aliphatic carbocycles. The van der Waals surface area contributed by atoms with Gasteiger partial charge in [0, 0.05) is 74.7 Å². The molecule has 4 heterocycles. The summed E-state index contributed by atoms with van der Waals surface area (Å²) in [5.41, 5.74) is 7.73. The molecule has 2 aromatic heterocycles. The van der Waals surface area contributed by atoms with Gasteiger partial charge in [0.2, 0.25) is 5.91 Å². The molecule has 0 bridgehead atoms. The number of nitrogens with zero attached hydrogens (tertiary/aromatic N) is 5. The molecule has 2 saturated carbocycles. The molecule has 0 spiro atoms. The molecule has 4 aliphatic rings. The van der Waals surface area contributed by atoms with Crippen LogP contribution in [0.3, 0.4) is 0 Å². The molecule has 0 radical (unpaired) electrons. The highest BCUT2D eigenvalue weighted by atomic mass is 16.6. The molecule has 3 fully saturated rings. The Morgan fingerprint density at radius 2 is 1.79 bits per heavy atom. The van der Waals surface area contributed by atoms with Gasteiger partial charge >= 0.3 is 6.09 Å². The van der Waals surface area contributed by atoms with Crippen LogP contribution in [0.5, 0.6) is 5.75 Å². The molecule has 260 valence electrons. The molecule has 1 saturated heterocycles. The molecule has 11 nitrogen and oxygen atoms in total. The standard InChI is InChI=1S/C37H52N6O5/c1-24(2)43-22-31(18-39-43)30-15-16-38-35(17-30)42(21-26-5-7-28(8-6-26)33-13-14-34(47-4)25(3)40-33)36(45)29-9-11-32(12-10-29)48-37(46)41-19-27(20-41)23-44/h13-17,22,24,26-29,32,39,44H,5-12,18-21,23H2,1-4H3. The molecule has 6 rings (SSSR count). The van der Waals surface area contributed by atoms with E-state index in [9.17, 15) is 14.7 Å². The lowest BCUT2D eigenvalue weighted by Crippen LogP contribution is -2.52. The van der Waals surface area contributed by atoms with Crippen molar-refractivity contribution < 1.29 is 24.2 Å². The van der Waals surface area contributed by atoms with Gasteiger partial charge in [0.1, 0.15) is 17.7 Å². The number of carbonyl (C=O) groups is 2. The summed E-state index contributed by atoms with van der Waals surface area (Å²) in [5.74, 6) is 2.44. The Hall–Kier alpha value is -3.70. The summed E-state index contributed by atoms with van der Waals surface area (Å²) >= 11 is 0. The number of nitrogens with one attached hydrogen (secondary N) is 1. The van der Waals surface area contributed by atoms with Crippen LogP contribution in [-0.2, 0) is 9.53 Å². The molecular formula is C37H52N6O5. The Morgan fingerprint density at radius 1 is 1.04 bits per heavy atom. The van der Waals surface area contributed by atoms with Crippen LogP contribution in [0.1, 0.15) is 88.1 Å². The molecule has 0 atom stereocenters. The molecule has 2 amide bonds. The third kappa shape index (κ3) is 7.78. The van der Waals surface area contributed by atoms with Crippen molar-refractivity contribution in [3.05, 3.63) is 53.6 Å². The zero-order chi connectivity index (χ0) is 33.8. The van der Waals surface area contributed by atoms with Crippen molar-refractivity contribution in [2.75, 3.05) is 44.8 Å². The maximum atomic E-state index is 14.4. The average molecular weight is 661 g/mol. The summed E-state index contributed by atoms with van der Waals surface area (Å²) in [4.78, 5) is 40.2. The number of aromatic nitrogens is 2. The van der Waals surface area contributed by atoms with E-state index in [2.05, 4.69) is 42.6 Å². The van der Waals surface area contributed by atoms with E-state index in [0.717, 1.165) is 54.9 Å². The van der Waals surface area contributed by atoms with Gasteiger partial charge in [-0.15, -0.1) is 0 Å². The normalized spacial score (nSPS) is 24.7. The molecule has 0 unspecified atom stereocenters. The number of aryl methyl sites for hydroxylation is 1. The number of hydrogen-bond donors (Lipinski definition) is 2. The molecule has 0 aromatic carbocycles. The van der Waals surface area contributed by atoms with Crippen molar-refractivity contribution in [3.8, 4) is 5.75 Å². The lowest BCUT2D eigenvalue weighted by atomic mass is 9.79. The van der Waals surface area contributed by atoms with Crippen molar-refractivity contribution in [1.82, 2.24) is 25.3 Å². The fourth-order valence-electron chi connectivity index (χ4n) is 7.62. The molecule has 2 aliphatic heterocycles. The number of pyridine rings is 2. The molecule has 11 heteroatoms. The van der Waals surface area contributed by atoms with Crippen LogP contribution >= 0.6 is 0 Å². The average Bonchev–Trinajstić information content (AvgIpc) is 3.58. The number of amides is 2. The second-order valence-corrected chi connectivity index (χ2v) is 14.4. The Labute approximate surface area is 284 Å². The fourth-order valence-corrected chi connectivity index (χ4v) is 7.62. The van der Waals surface area contributed by atoms with Gasteiger partial charge in [0.15, 0.2) is 0 Å². The Morgan fingerprint density at radius 3 is 2.44 bits per heavy atom. The number of likely N-dealkylation sites (tertiary alicyclic amines) is 1. The maximum Gasteiger partial charge on any atom is 0.410 e. The van der Waals surface area contributed by atoms with Crippen LogP contribution in [0, 0.1) is 24.7 Å². The predicted molar refractivity (Wildman–Crippen MR) is 184 cm³/mol. The molecular weight excluding hydrogens is 608 g/mol. The topological polar surface area (TPSA) is 120 Å². The van der Waals surface area contributed by atoms with E-state index >= 15 is 0 Å². The number of rotatable bonds is 10. The highest BCUT2D eigenvalue weighted by molar-refractivity contribution is 5.94. The summed E-state index contributed by atoms with van der Waals surface area (Å²) in [6, 6.07) is 8.56. The summed E-state index contributed by atoms with van der Waals surface area (Å²) in [6.45, 7) is 8.86. The first-order chi connectivity index (χ1) is 23.2. The third-order valence-corrected chi connectivity index (χ3v) is 10.7. The smallest absolute Gasteiger partial charge is 0.410 e. The summed E-state index contributed by atoms with van der Waals surface area (Å²) < 4.78 is 11.2. The number of methoxy groups -OCH3 is 1. The van der Waals surface area contributed by atoms with E-state index in [1.54, 1.807) is 12.0 Å². The summed E-state index contributed by atoms with van der Waals surface area (Å²) in [7, 11) is 1.68. The highest BCUT2D eigenvalue weighted by Crippen LogP contribution is 2.38. The fraction of sp³-hybridized carbons (Fsp3) is 0.622. The largest absolute Gasteiger partial charge is 0.495 e. The first kappa shape index (κ1) is 34.2. The van der Waals surface area contributed by atoms with Gasteiger partial charge in [0.05, 0.1) is 12.8 Å². The van der Waals surface area contributed by atoms with Crippen LogP contribution in [0.25, 0.3) is 5.57 Å². The number of ether oxygens (including phenoxy) is 2. The second-order valence-electron chi connectivity index (χ2n) is 14.4. The predicted octanol–water partition coefficient (Wildman–Crippen LogP) is 5.29. The lowest BCUT2D eigenvalue weighted by molar-refractivity contribution is -0.124. The number of aliphatic hydroxyl groups excluding tert-OH is 1. The second kappa shape index (κ2) is 15.2.